The molecular weight excluding hydrogens is 384 g/mol. The van der Waals surface area contributed by atoms with E-state index in [1.807, 2.05) is 12.1 Å². The predicted octanol–water partition coefficient (Wildman–Crippen LogP) is 2.09. The summed E-state index contributed by atoms with van der Waals surface area (Å²) in [6.45, 7) is 1.53. The van der Waals surface area contributed by atoms with Gasteiger partial charge in [0.2, 0.25) is 5.91 Å². The lowest BCUT2D eigenvalue weighted by molar-refractivity contribution is -0.152. The molecule has 2 aromatic carbocycles. The number of rotatable bonds is 8. The van der Waals surface area contributed by atoms with Crippen molar-refractivity contribution in [3.8, 4) is 0 Å². The topological polar surface area (TPSA) is 107 Å². The molecule has 0 unspecified atom stereocenters. The molecular formula is C23H26N2O5. The van der Waals surface area contributed by atoms with Crippen LogP contribution in [0.4, 0.5) is 0 Å². The Hall–Kier alpha value is -3.19. The Morgan fingerprint density at radius 1 is 1.17 bits per heavy atom. The van der Waals surface area contributed by atoms with Crippen molar-refractivity contribution in [3.63, 3.8) is 0 Å². The van der Waals surface area contributed by atoms with E-state index in [1.54, 1.807) is 12.1 Å². The minimum atomic E-state index is -1.28. The monoisotopic (exact) mass is 415 g/mol. The zero-order valence-corrected chi connectivity index (χ0v) is 16.4. The standard InChI is InChI=1S/C23H26N2O5/c1-15(24-19(22(27)28)12-11-16-7-3-2-4-8-16)21(26)25-14-18-10-6-5-9-17(18)13-20(25)23(29)30/h2-10,15,19-20,24H,11-14H2,1H3,(H,27,28)(H,29,30)/t15-,19-,20-/m1/s1/i2D,3D,4D,7D,8D. The Labute approximate surface area is 182 Å². The van der Waals surface area contributed by atoms with Crippen molar-refractivity contribution in [1.29, 1.82) is 0 Å². The molecule has 1 aliphatic heterocycles. The first kappa shape index (κ1) is 15.6. The largest absolute Gasteiger partial charge is 0.480 e. The third kappa shape index (κ3) is 5.04. The number of aliphatic carboxylic acids is 2. The molecule has 2 aromatic rings. The molecule has 30 heavy (non-hydrogen) atoms. The van der Waals surface area contributed by atoms with Crippen molar-refractivity contribution in [2.24, 2.45) is 0 Å². The van der Waals surface area contributed by atoms with Gasteiger partial charge in [0, 0.05) is 13.0 Å². The van der Waals surface area contributed by atoms with Crippen molar-refractivity contribution < 1.29 is 31.5 Å². The summed E-state index contributed by atoms with van der Waals surface area (Å²) in [6, 6.07) is 1.47. The van der Waals surface area contributed by atoms with E-state index in [1.165, 1.54) is 11.8 Å². The molecule has 3 atom stereocenters. The van der Waals surface area contributed by atoms with Gasteiger partial charge < -0.3 is 15.1 Å². The van der Waals surface area contributed by atoms with Crippen molar-refractivity contribution in [2.45, 2.75) is 50.9 Å². The van der Waals surface area contributed by atoms with Crippen molar-refractivity contribution in [2.75, 3.05) is 0 Å². The van der Waals surface area contributed by atoms with Crippen LogP contribution in [0.15, 0.2) is 54.5 Å². The van der Waals surface area contributed by atoms with E-state index in [-0.39, 0.29) is 31.4 Å². The van der Waals surface area contributed by atoms with Gasteiger partial charge in [-0.3, -0.25) is 14.9 Å². The molecule has 7 heteroatoms. The van der Waals surface area contributed by atoms with Crippen molar-refractivity contribution in [3.05, 3.63) is 71.2 Å². The van der Waals surface area contributed by atoms with Gasteiger partial charge in [-0.1, -0.05) is 54.5 Å². The summed E-state index contributed by atoms with van der Waals surface area (Å²) in [5.74, 6) is -3.01. The van der Waals surface area contributed by atoms with Crippen LogP contribution in [-0.4, -0.2) is 51.1 Å². The maximum atomic E-state index is 13.2. The first-order chi connectivity index (χ1) is 16.4. The van der Waals surface area contributed by atoms with E-state index in [0.717, 1.165) is 11.1 Å². The fourth-order valence-electron chi connectivity index (χ4n) is 3.56. The molecule has 0 saturated heterocycles. The Balaban J connectivity index is 1.76. The maximum absolute atomic E-state index is 13.2. The summed E-state index contributed by atoms with van der Waals surface area (Å²) in [6.07, 6.45) is -0.136. The molecule has 0 radical (unpaired) electrons. The summed E-state index contributed by atoms with van der Waals surface area (Å²) in [5, 5.41) is 22.1. The zero-order chi connectivity index (χ0) is 26.0. The minimum Gasteiger partial charge on any atom is -0.480 e. The molecule has 0 saturated carbocycles. The van der Waals surface area contributed by atoms with Crippen LogP contribution in [0.1, 0.15) is 36.9 Å². The van der Waals surface area contributed by atoms with Crippen LogP contribution in [-0.2, 0) is 33.8 Å². The van der Waals surface area contributed by atoms with Crippen LogP contribution < -0.4 is 5.32 Å². The maximum Gasteiger partial charge on any atom is 0.326 e. The normalized spacial score (nSPS) is 20.0. The molecule has 7 nitrogen and oxygen atoms in total. The SMILES string of the molecule is [2H]c1c([2H])c([2H])c(CC[C@@H](N[C@H](C)C(=O)N2Cc3ccccc3C[C@@H]2C(=O)O)C(=O)O)c([2H])c1[2H]. The second-order valence-corrected chi connectivity index (χ2v) is 7.21. The fourth-order valence-corrected chi connectivity index (χ4v) is 3.56. The van der Waals surface area contributed by atoms with Crippen LogP contribution in [0.5, 0.6) is 0 Å². The molecule has 0 aliphatic carbocycles. The third-order valence-electron chi connectivity index (χ3n) is 5.17. The molecule has 1 heterocycles. The molecule has 0 bridgehead atoms. The summed E-state index contributed by atoms with van der Waals surface area (Å²) >= 11 is 0. The lowest BCUT2D eigenvalue weighted by Crippen LogP contribution is -2.56. The van der Waals surface area contributed by atoms with E-state index < -0.39 is 66.2 Å². The lowest BCUT2D eigenvalue weighted by Gasteiger charge is -2.36. The molecule has 1 aliphatic rings. The first-order valence-corrected chi connectivity index (χ1v) is 9.58. The van der Waals surface area contributed by atoms with Gasteiger partial charge in [0.25, 0.3) is 0 Å². The fraction of sp³-hybridized carbons (Fsp3) is 0.348. The number of carbonyl (C=O) groups is 3. The summed E-state index contributed by atoms with van der Waals surface area (Å²) in [4.78, 5) is 38.1. The van der Waals surface area contributed by atoms with Crippen LogP contribution in [0.2, 0.25) is 0 Å². The van der Waals surface area contributed by atoms with Gasteiger partial charge in [0.15, 0.2) is 0 Å². The van der Waals surface area contributed by atoms with E-state index in [9.17, 15) is 24.6 Å². The number of amides is 1. The van der Waals surface area contributed by atoms with Gasteiger partial charge in [-0.2, -0.15) is 0 Å². The first-order valence-electron chi connectivity index (χ1n) is 12.1. The molecule has 158 valence electrons. The highest BCUT2D eigenvalue weighted by molar-refractivity contribution is 5.88. The molecule has 0 spiro atoms. The van der Waals surface area contributed by atoms with Crippen LogP contribution in [0.3, 0.4) is 0 Å². The second-order valence-electron chi connectivity index (χ2n) is 7.21. The van der Waals surface area contributed by atoms with Crippen molar-refractivity contribution in [1.82, 2.24) is 10.2 Å². The average Bonchev–Trinajstić information content (AvgIpc) is 2.83. The van der Waals surface area contributed by atoms with Gasteiger partial charge in [-0.05, 0) is 36.5 Å². The number of carboxylic acids is 2. The Morgan fingerprint density at radius 2 is 1.83 bits per heavy atom. The van der Waals surface area contributed by atoms with Gasteiger partial charge in [-0.25, -0.2) is 4.79 Å². The van der Waals surface area contributed by atoms with Crippen LogP contribution >= 0.6 is 0 Å². The lowest BCUT2D eigenvalue weighted by atomic mass is 9.93. The molecule has 3 rings (SSSR count). The highest BCUT2D eigenvalue weighted by atomic mass is 16.4. The van der Waals surface area contributed by atoms with E-state index >= 15 is 0 Å². The summed E-state index contributed by atoms with van der Waals surface area (Å²) < 4.78 is 39.2. The van der Waals surface area contributed by atoms with Gasteiger partial charge >= 0.3 is 11.9 Å². The Kier molecular flexibility index (Phi) is 4.97. The number of carbonyl (C=O) groups excluding carboxylic acids is 1. The molecule has 0 fully saturated rings. The second kappa shape index (κ2) is 9.54. The molecule has 0 aromatic heterocycles. The Morgan fingerprint density at radius 3 is 2.47 bits per heavy atom. The van der Waals surface area contributed by atoms with Gasteiger partial charge in [-0.15, -0.1) is 0 Å². The zero-order valence-electron chi connectivity index (χ0n) is 21.4. The molecule has 3 N–H and O–H groups in total. The highest BCUT2D eigenvalue weighted by Gasteiger charge is 2.37. The number of hydrogen-bond donors (Lipinski definition) is 3. The number of benzene rings is 2. The highest BCUT2D eigenvalue weighted by Crippen LogP contribution is 2.24. The quantitative estimate of drug-likeness (QED) is 0.610. The number of nitrogens with zero attached hydrogens (tertiary/aromatic N) is 1. The van der Waals surface area contributed by atoms with Crippen LogP contribution in [0, 0.1) is 0 Å². The number of hydrogen-bond acceptors (Lipinski definition) is 4. The van der Waals surface area contributed by atoms with Gasteiger partial charge in [0.05, 0.1) is 12.9 Å². The summed E-state index contributed by atoms with van der Waals surface area (Å²) in [5.41, 5.74) is 1.65. The smallest absolute Gasteiger partial charge is 0.326 e. The molecule has 1 amide bonds. The number of fused-ring (bicyclic) bond motifs is 1. The van der Waals surface area contributed by atoms with E-state index in [0.29, 0.717) is 0 Å². The number of carboxylic acid groups (broad SMARTS) is 2. The van der Waals surface area contributed by atoms with Gasteiger partial charge in [0.1, 0.15) is 12.1 Å². The Bertz CT molecular complexity index is 1150. The van der Waals surface area contributed by atoms with Crippen LogP contribution in [0.25, 0.3) is 0 Å². The number of nitrogens with one attached hydrogen (secondary N) is 1. The average molecular weight is 416 g/mol. The van der Waals surface area contributed by atoms with E-state index in [2.05, 4.69) is 5.32 Å². The third-order valence-corrected chi connectivity index (χ3v) is 5.17. The van der Waals surface area contributed by atoms with E-state index in [4.69, 9.17) is 6.85 Å². The van der Waals surface area contributed by atoms with Crippen molar-refractivity contribution >= 4 is 17.8 Å². The minimum absolute atomic E-state index is 0.0124. The summed E-state index contributed by atoms with van der Waals surface area (Å²) in [7, 11) is 0. The predicted molar refractivity (Wildman–Crippen MR) is 111 cm³/mol.